The molecule has 4 N–H and O–H groups in total. The van der Waals surface area contributed by atoms with E-state index in [-0.39, 0.29) is 6.54 Å². The molecule has 0 bridgehead atoms. The highest BCUT2D eigenvalue weighted by atomic mass is 16.6. The topological polar surface area (TPSA) is 102 Å². The molecule has 14 heavy (non-hydrogen) atoms. The van der Waals surface area contributed by atoms with Crippen LogP contribution in [0, 0.1) is 0 Å². The molecule has 0 aromatic carbocycles. The maximum Gasteiger partial charge on any atom is 0.408 e. The lowest BCUT2D eigenvalue weighted by atomic mass is 10.2. The molecular formula is C8H16N2O4. The molecule has 6 heteroatoms. The van der Waals surface area contributed by atoms with Crippen molar-refractivity contribution in [3.05, 3.63) is 0 Å². The summed E-state index contributed by atoms with van der Waals surface area (Å²) in [5.74, 6) is -1.18. The summed E-state index contributed by atoms with van der Waals surface area (Å²) in [6, 6.07) is -1.11. The number of carboxylic acid groups (broad SMARTS) is 1. The van der Waals surface area contributed by atoms with Crippen LogP contribution >= 0.6 is 0 Å². The average molecular weight is 204 g/mol. The summed E-state index contributed by atoms with van der Waals surface area (Å²) in [4.78, 5) is 21.6. The van der Waals surface area contributed by atoms with Gasteiger partial charge >= 0.3 is 12.1 Å². The van der Waals surface area contributed by atoms with Crippen LogP contribution in [0.5, 0.6) is 0 Å². The Morgan fingerprint density at radius 3 is 2.29 bits per heavy atom. The van der Waals surface area contributed by atoms with Gasteiger partial charge in [-0.15, -0.1) is 0 Å². The third-order valence-corrected chi connectivity index (χ3v) is 1.22. The first-order chi connectivity index (χ1) is 6.26. The first-order valence-corrected chi connectivity index (χ1v) is 4.18. The van der Waals surface area contributed by atoms with Crippen LogP contribution in [0.15, 0.2) is 0 Å². The minimum absolute atomic E-state index is 0.172. The lowest BCUT2D eigenvalue weighted by molar-refractivity contribution is -0.139. The van der Waals surface area contributed by atoms with E-state index in [1.54, 1.807) is 20.8 Å². The molecule has 0 saturated carbocycles. The van der Waals surface area contributed by atoms with Gasteiger partial charge in [-0.25, -0.2) is 9.59 Å². The zero-order valence-corrected chi connectivity index (χ0v) is 8.53. The Bertz CT molecular complexity index is 222. The van der Waals surface area contributed by atoms with Gasteiger partial charge < -0.3 is 20.9 Å². The molecule has 0 radical (unpaired) electrons. The third kappa shape index (κ3) is 5.36. The number of carbonyl (C=O) groups excluding carboxylic acids is 1. The van der Waals surface area contributed by atoms with Gasteiger partial charge in [0.1, 0.15) is 11.6 Å². The summed E-state index contributed by atoms with van der Waals surface area (Å²) in [5, 5.41) is 10.7. The lowest BCUT2D eigenvalue weighted by Gasteiger charge is -2.21. The van der Waals surface area contributed by atoms with E-state index in [1.807, 2.05) is 0 Å². The molecule has 6 nitrogen and oxygen atoms in total. The molecule has 0 spiro atoms. The number of hydrogen-bond acceptors (Lipinski definition) is 4. The predicted molar refractivity (Wildman–Crippen MR) is 49.8 cm³/mol. The van der Waals surface area contributed by atoms with E-state index in [1.165, 1.54) is 0 Å². The minimum atomic E-state index is -1.18. The van der Waals surface area contributed by atoms with Crippen molar-refractivity contribution in [1.29, 1.82) is 0 Å². The van der Waals surface area contributed by atoms with Crippen LogP contribution in [-0.4, -0.2) is 35.4 Å². The second kappa shape index (κ2) is 4.80. The normalized spacial score (nSPS) is 13.1. The van der Waals surface area contributed by atoms with E-state index in [0.29, 0.717) is 0 Å². The van der Waals surface area contributed by atoms with Crippen LogP contribution in [0.1, 0.15) is 20.8 Å². The van der Waals surface area contributed by atoms with Crippen molar-refractivity contribution in [2.24, 2.45) is 5.73 Å². The van der Waals surface area contributed by atoms with Gasteiger partial charge in [0.2, 0.25) is 0 Å². The second-order valence-electron chi connectivity index (χ2n) is 3.77. The second-order valence-corrected chi connectivity index (χ2v) is 3.77. The Morgan fingerprint density at radius 1 is 1.50 bits per heavy atom. The number of ether oxygens (including phenoxy) is 1. The summed E-state index contributed by atoms with van der Waals surface area (Å²) in [6.45, 7) is 4.88. The van der Waals surface area contributed by atoms with E-state index in [0.717, 1.165) is 0 Å². The summed E-state index contributed by atoms with van der Waals surface area (Å²) in [5.41, 5.74) is 4.48. The summed E-state index contributed by atoms with van der Waals surface area (Å²) >= 11 is 0. The standard InChI is InChI=1S/C8H16N2O4/c1-8(2,3)14-7(13)10-5(4-9)6(11)12/h5H,4,9H2,1-3H3,(H,10,13)(H,11,12). The fourth-order valence-electron chi connectivity index (χ4n) is 0.671. The molecule has 0 rings (SSSR count). The third-order valence-electron chi connectivity index (χ3n) is 1.22. The maximum absolute atomic E-state index is 11.1. The summed E-state index contributed by atoms with van der Waals surface area (Å²) < 4.78 is 4.85. The van der Waals surface area contributed by atoms with E-state index in [9.17, 15) is 9.59 Å². The van der Waals surface area contributed by atoms with Gasteiger partial charge in [-0.05, 0) is 20.8 Å². The fraction of sp³-hybridized carbons (Fsp3) is 0.750. The zero-order chi connectivity index (χ0) is 11.4. The van der Waals surface area contributed by atoms with Crippen LogP contribution in [-0.2, 0) is 9.53 Å². The van der Waals surface area contributed by atoms with Crippen LogP contribution in [0.3, 0.4) is 0 Å². The highest BCUT2D eigenvalue weighted by molar-refractivity contribution is 5.80. The number of hydrogen-bond donors (Lipinski definition) is 3. The molecule has 1 unspecified atom stereocenters. The first kappa shape index (κ1) is 12.7. The van der Waals surface area contributed by atoms with Gasteiger partial charge in [0.05, 0.1) is 0 Å². The molecule has 82 valence electrons. The molecule has 0 aliphatic carbocycles. The van der Waals surface area contributed by atoms with Crippen molar-refractivity contribution in [2.75, 3.05) is 6.54 Å². The molecule has 0 aromatic rings. The lowest BCUT2D eigenvalue weighted by Crippen LogP contribution is -2.47. The van der Waals surface area contributed by atoms with Crippen LogP contribution < -0.4 is 11.1 Å². The molecule has 0 heterocycles. The number of carbonyl (C=O) groups is 2. The molecule has 0 fully saturated rings. The molecule has 0 aromatic heterocycles. The number of alkyl carbamates (subject to hydrolysis) is 1. The molecule has 0 aliphatic heterocycles. The maximum atomic E-state index is 11.1. The summed E-state index contributed by atoms with van der Waals surface area (Å²) in [6.07, 6.45) is -0.782. The van der Waals surface area contributed by atoms with Crippen molar-refractivity contribution in [3.8, 4) is 0 Å². The van der Waals surface area contributed by atoms with Gasteiger partial charge in [-0.2, -0.15) is 0 Å². The Kier molecular flexibility index (Phi) is 4.36. The SMILES string of the molecule is CC(C)(C)OC(=O)NC(CN)C(=O)O. The number of amides is 1. The van der Waals surface area contributed by atoms with Crippen LogP contribution in [0.2, 0.25) is 0 Å². The molecule has 1 atom stereocenters. The Labute approximate surface area is 82.4 Å². The van der Waals surface area contributed by atoms with E-state index >= 15 is 0 Å². The average Bonchev–Trinajstić information content (AvgIpc) is 1.96. The largest absolute Gasteiger partial charge is 0.480 e. The van der Waals surface area contributed by atoms with Crippen molar-refractivity contribution >= 4 is 12.1 Å². The van der Waals surface area contributed by atoms with Gasteiger partial charge in [0, 0.05) is 6.54 Å². The monoisotopic (exact) mass is 204 g/mol. The quantitative estimate of drug-likeness (QED) is 0.597. The van der Waals surface area contributed by atoms with Crippen molar-refractivity contribution < 1.29 is 19.4 Å². The number of aliphatic carboxylic acids is 1. The van der Waals surface area contributed by atoms with E-state index < -0.39 is 23.7 Å². The van der Waals surface area contributed by atoms with Gasteiger partial charge in [0.25, 0.3) is 0 Å². The molecule has 0 aliphatic rings. The first-order valence-electron chi connectivity index (χ1n) is 4.18. The zero-order valence-electron chi connectivity index (χ0n) is 8.53. The highest BCUT2D eigenvalue weighted by Crippen LogP contribution is 2.06. The van der Waals surface area contributed by atoms with Crippen LogP contribution in [0.25, 0.3) is 0 Å². The van der Waals surface area contributed by atoms with Gasteiger partial charge in [0.15, 0.2) is 0 Å². The van der Waals surface area contributed by atoms with Crippen molar-refractivity contribution in [1.82, 2.24) is 5.32 Å². The summed E-state index contributed by atoms with van der Waals surface area (Å²) in [7, 11) is 0. The van der Waals surface area contributed by atoms with E-state index in [4.69, 9.17) is 15.6 Å². The molecule has 1 amide bonds. The fourth-order valence-corrected chi connectivity index (χ4v) is 0.671. The molecular weight excluding hydrogens is 188 g/mol. The minimum Gasteiger partial charge on any atom is -0.480 e. The van der Waals surface area contributed by atoms with Gasteiger partial charge in [-0.3, -0.25) is 0 Å². The Balaban J connectivity index is 4.11. The van der Waals surface area contributed by atoms with Crippen molar-refractivity contribution in [2.45, 2.75) is 32.4 Å². The number of rotatable bonds is 3. The number of nitrogens with two attached hydrogens (primary N) is 1. The highest BCUT2D eigenvalue weighted by Gasteiger charge is 2.22. The van der Waals surface area contributed by atoms with Gasteiger partial charge in [-0.1, -0.05) is 0 Å². The van der Waals surface area contributed by atoms with Crippen LogP contribution in [0.4, 0.5) is 4.79 Å². The van der Waals surface area contributed by atoms with Crippen molar-refractivity contribution in [3.63, 3.8) is 0 Å². The predicted octanol–water partition coefficient (Wildman–Crippen LogP) is -0.0770. The number of carboxylic acids is 1. The van der Waals surface area contributed by atoms with E-state index in [2.05, 4.69) is 5.32 Å². The smallest absolute Gasteiger partial charge is 0.408 e. The Morgan fingerprint density at radius 2 is 2.00 bits per heavy atom. The number of nitrogens with one attached hydrogen (secondary N) is 1. The Hall–Kier alpha value is -1.30. The molecule has 0 saturated heterocycles.